The van der Waals surface area contributed by atoms with Crippen LogP contribution in [0.3, 0.4) is 0 Å². The number of halogens is 1. The molecule has 1 atom stereocenters. The number of carbonyl (C=O) groups is 1. The number of hydrogen-bond donors (Lipinski definition) is 0. The van der Waals surface area contributed by atoms with Gasteiger partial charge in [0, 0.05) is 5.56 Å². The summed E-state index contributed by atoms with van der Waals surface area (Å²) in [4.78, 5) is 32.9. The van der Waals surface area contributed by atoms with Crippen molar-refractivity contribution in [1.29, 1.82) is 5.26 Å². The van der Waals surface area contributed by atoms with E-state index in [4.69, 9.17) is 24.5 Å². The number of nitrogens with zero attached hydrogens (tertiary/aromatic N) is 3. The number of benzene rings is 3. The molecule has 3 aromatic carbocycles. The average Bonchev–Trinajstić information content (AvgIpc) is 3.34. The van der Waals surface area contributed by atoms with Crippen LogP contribution < -0.4 is 24.4 Å². The number of rotatable bonds is 10. The van der Waals surface area contributed by atoms with E-state index in [9.17, 15) is 9.59 Å². The van der Waals surface area contributed by atoms with Gasteiger partial charge in [-0.25, -0.2) is 9.79 Å². The summed E-state index contributed by atoms with van der Waals surface area (Å²) in [5.41, 5.74) is 3.65. The van der Waals surface area contributed by atoms with Crippen molar-refractivity contribution in [1.82, 2.24) is 4.57 Å². The number of thiazole rings is 1. The lowest BCUT2D eigenvalue weighted by atomic mass is 9.94. The van der Waals surface area contributed by atoms with Gasteiger partial charge in [-0.05, 0) is 76.8 Å². The lowest BCUT2D eigenvalue weighted by Gasteiger charge is -2.26. The van der Waals surface area contributed by atoms with Crippen LogP contribution in [0.25, 0.3) is 6.08 Å². The Hall–Kier alpha value is -4.46. The molecule has 4 aromatic rings. The second kappa shape index (κ2) is 13.9. The van der Waals surface area contributed by atoms with Crippen LogP contribution >= 0.6 is 27.3 Å². The van der Waals surface area contributed by atoms with Crippen LogP contribution in [0, 0.1) is 11.3 Å². The summed E-state index contributed by atoms with van der Waals surface area (Å²) in [5.74, 6) is 0.749. The van der Waals surface area contributed by atoms with Crippen molar-refractivity contribution >= 4 is 39.3 Å². The fourth-order valence-corrected chi connectivity index (χ4v) is 6.57. The highest BCUT2D eigenvalue weighted by Gasteiger charge is 2.34. The standard InChI is InChI=1S/C34H30BrN3O5S/c1-4-8-26-30(33(40)42-5-2)31(24-15-16-28(41-3)25(35)17-24)38-32(39)29(44-34(38)37-26)18-23-9-6-7-10-27(23)43-20-22-13-11-21(19-36)12-14-22/h6-7,9-18,31H,4-5,8,20H2,1-3H3/b29-18-/t31-/m0/s1. The van der Waals surface area contributed by atoms with Crippen molar-refractivity contribution in [3.63, 3.8) is 0 Å². The van der Waals surface area contributed by atoms with Gasteiger partial charge in [0.05, 0.1) is 51.7 Å². The second-order valence-corrected chi connectivity index (χ2v) is 11.8. The molecule has 0 spiro atoms. The fourth-order valence-electron chi connectivity index (χ4n) is 5.00. The number of nitriles is 1. The molecule has 0 amide bonds. The summed E-state index contributed by atoms with van der Waals surface area (Å²) >= 11 is 4.83. The van der Waals surface area contributed by atoms with Gasteiger partial charge < -0.3 is 14.2 Å². The van der Waals surface area contributed by atoms with E-state index in [2.05, 4.69) is 22.0 Å². The van der Waals surface area contributed by atoms with Crippen LogP contribution in [0.4, 0.5) is 0 Å². The third-order valence-corrected chi connectivity index (χ3v) is 8.67. The molecule has 0 fully saturated rings. The zero-order valence-electron chi connectivity index (χ0n) is 24.5. The van der Waals surface area contributed by atoms with Crippen molar-refractivity contribution < 1.29 is 19.0 Å². The van der Waals surface area contributed by atoms with Crippen molar-refractivity contribution in [2.24, 2.45) is 4.99 Å². The first-order chi connectivity index (χ1) is 21.4. The number of ether oxygens (including phenoxy) is 3. The Labute approximate surface area is 267 Å². The lowest BCUT2D eigenvalue weighted by Crippen LogP contribution is -2.40. The number of methoxy groups -OCH3 is 1. The molecule has 8 nitrogen and oxygen atoms in total. The van der Waals surface area contributed by atoms with Crippen LogP contribution in [0.15, 0.2) is 92.3 Å². The van der Waals surface area contributed by atoms with E-state index >= 15 is 0 Å². The molecular formula is C34H30BrN3O5S. The quantitative estimate of drug-likeness (QED) is 0.198. The maximum atomic E-state index is 14.2. The summed E-state index contributed by atoms with van der Waals surface area (Å²) in [6, 6.07) is 21.6. The third kappa shape index (κ3) is 6.39. The normalized spacial score (nSPS) is 14.4. The smallest absolute Gasteiger partial charge is 0.338 e. The van der Waals surface area contributed by atoms with Gasteiger partial charge in [-0.1, -0.05) is 61.1 Å². The Bertz CT molecular complexity index is 1950. The molecule has 0 unspecified atom stereocenters. The Kier molecular flexibility index (Phi) is 9.78. The van der Waals surface area contributed by atoms with Gasteiger partial charge in [0.1, 0.15) is 18.1 Å². The molecule has 5 rings (SSSR count). The van der Waals surface area contributed by atoms with Crippen LogP contribution in [0.1, 0.15) is 55.0 Å². The molecule has 0 bridgehead atoms. The van der Waals surface area contributed by atoms with Gasteiger partial charge in [0.25, 0.3) is 5.56 Å². The Balaban J connectivity index is 1.62. The summed E-state index contributed by atoms with van der Waals surface area (Å²) in [5, 5.41) is 9.07. The minimum Gasteiger partial charge on any atom is -0.496 e. The minimum absolute atomic E-state index is 0.199. The number of para-hydroxylation sites is 1. The number of fused-ring (bicyclic) bond motifs is 1. The average molecular weight is 673 g/mol. The highest BCUT2D eigenvalue weighted by Crippen LogP contribution is 2.36. The van der Waals surface area contributed by atoms with Gasteiger partial charge in [0.15, 0.2) is 4.80 Å². The van der Waals surface area contributed by atoms with Crippen LogP contribution in [0.5, 0.6) is 11.5 Å². The van der Waals surface area contributed by atoms with E-state index in [0.29, 0.717) is 55.2 Å². The van der Waals surface area contributed by atoms with Crippen LogP contribution in [-0.4, -0.2) is 24.3 Å². The number of allylic oxidation sites excluding steroid dienone is 1. The predicted octanol–water partition coefficient (Wildman–Crippen LogP) is 5.80. The number of carbonyl (C=O) groups excluding carboxylic acids is 1. The molecule has 1 aromatic heterocycles. The van der Waals surface area contributed by atoms with Gasteiger partial charge in [-0.2, -0.15) is 5.26 Å². The molecule has 1 aliphatic heterocycles. The molecule has 1 aliphatic rings. The summed E-state index contributed by atoms with van der Waals surface area (Å²) in [6.45, 7) is 4.28. The van der Waals surface area contributed by atoms with E-state index in [-0.39, 0.29) is 12.2 Å². The van der Waals surface area contributed by atoms with E-state index in [1.165, 1.54) is 11.3 Å². The monoisotopic (exact) mass is 671 g/mol. The Morgan fingerprint density at radius 2 is 1.89 bits per heavy atom. The Morgan fingerprint density at radius 3 is 2.57 bits per heavy atom. The molecule has 44 heavy (non-hydrogen) atoms. The minimum atomic E-state index is -0.737. The summed E-state index contributed by atoms with van der Waals surface area (Å²) in [6.07, 6.45) is 3.12. The molecule has 0 radical (unpaired) electrons. The largest absolute Gasteiger partial charge is 0.496 e. The third-order valence-electron chi connectivity index (χ3n) is 7.07. The highest BCUT2D eigenvalue weighted by molar-refractivity contribution is 9.10. The predicted molar refractivity (Wildman–Crippen MR) is 172 cm³/mol. The highest BCUT2D eigenvalue weighted by atomic mass is 79.9. The SMILES string of the molecule is CCCC1=C(C(=O)OCC)[C@H](c2ccc(OC)c(Br)c2)n2c(s/c(=C\c3ccccc3OCc3ccc(C#N)cc3)c2=O)=N1. The van der Waals surface area contributed by atoms with E-state index in [1.54, 1.807) is 42.9 Å². The van der Waals surface area contributed by atoms with Crippen molar-refractivity contribution in [3.05, 3.63) is 124 Å². The van der Waals surface area contributed by atoms with Crippen molar-refractivity contribution in [2.45, 2.75) is 39.3 Å². The van der Waals surface area contributed by atoms with E-state index in [1.807, 2.05) is 55.5 Å². The van der Waals surface area contributed by atoms with Crippen molar-refractivity contribution in [2.75, 3.05) is 13.7 Å². The van der Waals surface area contributed by atoms with Crippen LogP contribution in [-0.2, 0) is 16.1 Å². The van der Waals surface area contributed by atoms with Crippen molar-refractivity contribution in [3.8, 4) is 17.6 Å². The summed E-state index contributed by atoms with van der Waals surface area (Å²) < 4.78 is 19.8. The van der Waals surface area contributed by atoms with Gasteiger partial charge in [-0.3, -0.25) is 9.36 Å². The first-order valence-electron chi connectivity index (χ1n) is 14.1. The molecule has 0 saturated heterocycles. The maximum absolute atomic E-state index is 14.2. The topological polar surface area (TPSA) is 103 Å². The molecule has 0 saturated carbocycles. The van der Waals surface area contributed by atoms with Gasteiger partial charge in [0.2, 0.25) is 0 Å². The summed E-state index contributed by atoms with van der Waals surface area (Å²) in [7, 11) is 1.58. The number of hydrogen-bond acceptors (Lipinski definition) is 8. The van der Waals surface area contributed by atoms with E-state index in [0.717, 1.165) is 23.1 Å². The molecule has 2 heterocycles. The first-order valence-corrected chi connectivity index (χ1v) is 15.8. The molecular weight excluding hydrogens is 642 g/mol. The molecule has 0 N–H and O–H groups in total. The van der Waals surface area contributed by atoms with Gasteiger partial charge in [-0.15, -0.1) is 0 Å². The molecule has 10 heteroatoms. The van der Waals surface area contributed by atoms with Gasteiger partial charge >= 0.3 is 5.97 Å². The van der Waals surface area contributed by atoms with E-state index < -0.39 is 12.0 Å². The first kappa shape index (κ1) is 31.0. The fraction of sp³-hybridized carbons (Fsp3) is 0.235. The Morgan fingerprint density at radius 1 is 1.11 bits per heavy atom. The maximum Gasteiger partial charge on any atom is 0.338 e. The molecule has 0 aliphatic carbocycles. The zero-order chi connectivity index (χ0) is 31.2. The van der Waals surface area contributed by atoms with Crippen LogP contribution in [0.2, 0.25) is 0 Å². The molecule has 224 valence electrons. The number of aromatic nitrogens is 1. The zero-order valence-corrected chi connectivity index (χ0v) is 26.9. The number of esters is 1. The second-order valence-electron chi connectivity index (χ2n) is 9.94. The lowest BCUT2D eigenvalue weighted by molar-refractivity contribution is -0.139.